The Labute approximate surface area is 188 Å². The van der Waals surface area contributed by atoms with Gasteiger partial charge in [-0.15, -0.1) is 0 Å². The molecule has 0 aliphatic carbocycles. The summed E-state index contributed by atoms with van der Waals surface area (Å²) in [5.74, 6) is -0.324. The molecule has 1 unspecified atom stereocenters. The number of amides is 2. The fourth-order valence-corrected chi connectivity index (χ4v) is 3.58. The SMILES string of the molecule is CC(C)(C)c1ccccc1C(=O)N(C(=O)c1ccccc1)c1ccccc1OCC1CO1. The van der Waals surface area contributed by atoms with Crippen LogP contribution in [0, 0.1) is 0 Å². The minimum atomic E-state index is -0.405. The molecule has 1 heterocycles. The van der Waals surface area contributed by atoms with Gasteiger partial charge in [-0.3, -0.25) is 9.59 Å². The minimum Gasteiger partial charge on any atom is -0.489 e. The molecule has 2 amide bonds. The Morgan fingerprint density at radius 2 is 1.53 bits per heavy atom. The van der Waals surface area contributed by atoms with Gasteiger partial charge in [-0.1, -0.05) is 69.3 Å². The van der Waals surface area contributed by atoms with E-state index in [1.165, 1.54) is 4.90 Å². The molecule has 0 bridgehead atoms. The molecule has 4 rings (SSSR count). The third-order valence-corrected chi connectivity index (χ3v) is 5.33. The highest BCUT2D eigenvalue weighted by molar-refractivity contribution is 6.26. The Kier molecular flexibility index (Phi) is 6.10. The highest BCUT2D eigenvalue weighted by Crippen LogP contribution is 2.34. The minimum absolute atomic E-state index is 0.0543. The van der Waals surface area contributed by atoms with E-state index in [1.807, 2.05) is 30.3 Å². The number of hydrogen-bond acceptors (Lipinski definition) is 4. The first-order valence-electron chi connectivity index (χ1n) is 10.7. The lowest BCUT2D eigenvalue weighted by atomic mass is 9.83. The van der Waals surface area contributed by atoms with Crippen LogP contribution in [0.3, 0.4) is 0 Å². The summed E-state index contributed by atoms with van der Waals surface area (Å²) in [4.78, 5) is 28.8. The van der Waals surface area contributed by atoms with Gasteiger partial charge in [0.15, 0.2) is 0 Å². The standard InChI is InChI=1S/C27H27NO4/c1-27(2,3)22-14-8-7-13-21(22)26(30)28(25(29)19-11-5-4-6-12-19)23-15-9-10-16-24(23)32-18-20-17-31-20/h4-16,20H,17-18H2,1-3H3. The van der Waals surface area contributed by atoms with Crippen molar-refractivity contribution in [1.29, 1.82) is 0 Å². The number of nitrogens with zero attached hydrogens (tertiary/aromatic N) is 1. The number of rotatable bonds is 6. The van der Waals surface area contributed by atoms with Gasteiger partial charge < -0.3 is 9.47 Å². The summed E-state index contributed by atoms with van der Waals surface area (Å²) in [7, 11) is 0. The van der Waals surface area contributed by atoms with E-state index in [4.69, 9.17) is 9.47 Å². The van der Waals surface area contributed by atoms with Crippen molar-refractivity contribution in [3.05, 3.63) is 95.6 Å². The van der Waals surface area contributed by atoms with Gasteiger partial charge in [0.1, 0.15) is 18.5 Å². The fraction of sp³-hybridized carbons (Fsp3) is 0.259. The molecule has 5 nitrogen and oxygen atoms in total. The van der Waals surface area contributed by atoms with Gasteiger partial charge in [-0.2, -0.15) is 0 Å². The molecule has 1 aliphatic heterocycles. The maximum absolute atomic E-state index is 14.0. The Morgan fingerprint density at radius 1 is 0.906 bits per heavy atom. The average molecular weight is 430 g/mol. The molecule has 1 saturated heterocycles. The average Bonchev–Trinajstić information content (AvgIpc) is 3.63. The van der Waals surface area contributed by atoms with Crippen molar-refractivity contribution in [3.8, 4) is 5.75 Å². The second-order valence-corrected chi connectivity index (χ2v) is 8.84. The number of carbonyl (C=O) groups excluding carboxylic acids is 2. The molecule has 0 saturated carbocycles. The van der Waals surface area contributed by atoms with Crippen molar-refractivity contribution in [2.24, 2.45) is 0 Å². The number of ether oxygens (including phenoxy) is 2. The summed E-state index contributed by atoms with van der Waals surface area (Å²) in [5, 5.41) is 0. The van der Waals surface area contributed by atoms with Gasteiger partial charge in [0.2, 0.25) is 0 Å². The summed E-state index contributed by atoms with van der Waals surface area (Å²) in [6, 6.07) is 23.4. The van der Waals surface area contributed by atoms with E-state index in [9.17, 15) is 9.59 Å². The van der Waals surface area contributed by atoms with Crippen LogP contribution in [0.2, 0.25) is 0 Å². The van der Waals surface area contributed by atoms with E-state index in [0.29, 0.717) is 35.8 Å². The first kappa shape index (κ1) is 21.8. The van der Waals surface area contributed by atoms with E-state index in [2.05, 4.69) is 20.8 Å². The van der Waals surface area contributed by atoms with E-state index in [-0.39, 0.29) is 17.4 Å². The van der Waals surface area contributed by atoms with Crippen molar-refractivity contribution < 1.29 is 19.1 Å². The highest BCUT2D eigenvalue weighted by atomic mass is 16.6. The first-order valence-corrected chi connectivity index (χ1v) is 10.7. The zero-order valence-electron chi connectivity index (χ0n) is 18.6. The zero-order chi connectivity index (χ0) is 22.7. The van der Waals surface area contributed by atoms with Gasteiger partial charge in [-0.25, -0.2) is 4.90 Å². The van der Waals surface area contributed by atoms with Gasteiger partial charge >= 0.3 is 0 Å². The van der Waals surface area contributed by atoms with Crippen LogP contribution < -0.4 is 9.64 Å². The molecule has 1 atom stereocenters. The topological polar surface area (TPSA) is 59.1 Å². The number of para-hydroxylation sites is 2. The van der Waals surface area contributed by atoms with Crippen LogP contribution in [0.5, 0.6) is 5.75 Å². The monoisotopic (exact) mass is 429 g/mol. The molecule has 3 aromatic carbocycles. The van der Waals surface area contributed by atoms with Gasteiger partial charge in [0.05, 0.1) is 12.3 Å². The molecule has 164 valence electrons. The molecule has 0 spiro atoms. The van der Waals surface area contributed by atoms with E-state index >= 15 is 0 Å². The van der Waals surface area contributed by atoms with Crippen molar-refractivity contribution in [2.75, 3.05) is 18.1 Å². The Hall–Kier alpha value is -3.44. The normalized spacial score (nSPS) is 15.2. The maximum atomic E-state index is 14.0. The second-order valence-electron chi connectivity index (χ2n) is 8.84. The number of anilines is 1. The largest absolute Gasteiger partial charge is 0.489 e. The van der Waals surface area contributed by atoms with Crippen LogP contribution in [-0.2, 0) is 10.2 Å². The summed E-state index contributed by atoms with van der Waals surface area (Å²) in [6.07, 6.45) is 0.0543. The third-order valence-electron chi connectivity index (χ3n) is 5.33. The summed E-state index contributed by atoms with van der Waals surface area (Å²) in [6.45, 7) is 7.18. The van der Waals surface area contributed by atoms with Crippen molar-refractivity contribution >= 4 is 17.5 Å². The molecule has 0 aromatic heterocycles. The molecule has 1 aliphatic rings. The van der Waals surface area contributed by atoms with Crippen LogP contribution in [0.15, 0.2) is 78.9 Å². The van der Waals surface area contributed by atoms with Crippen LogP contribution >= 0.6 is 0 Å². The van der Waals surface area contributed by atoms with Crippen LogP contribution in [0.25, 0.3) is 0 Å². The van der Waals surface area contributed by atoms with Gasteiger partial charge in [0, 0.05) is 11.1 Å². The molecule has 32 heavy (non-hydrogen) atoms. The maximum Gasteiger partial charge on any atom is 0.265 e. The van der Waals surface area contributed by atoms with E-state index in [1.54, 1.807) is 48.5 Å². The lowest BCUT2D eigenvalue weighted by molar-refractivity contribution is 0.0895. The van der Waals surface area contributed by atoms with Crippen LogP contribution in [0.1, 0.15) is 47.1 Å². The van der Waals surface area contributed by atoms with Crippen molar-refractivity contribution in [1.82, 2.24) is 0 Å². The predicted molar refractivity (Wildman–Crippen MR) is 124 cm³/mol. The molecule has 5 heteroatoms. The fourth-order valence-electron chi connectivity index (χ4n) is 3.58. The Morgan fingerprint density at radius 3 is 2.22 bits per heavy atom. The Balaban J connectivity index is 1.81. The molecular weight excluding hydrogens is 402 g/mol. The lowest BCUT2D eigenvalue weighted by Crippen LogP contribution is -2.38. The summed E-state index contributed by atoms with van der Waals surface area (Å²) >= 11 is 0. The number of epoxide rings is 1. The summed E-state index contributed by atoms with van der Waals surface area (Å²) < 4.78 is 11.2. The van der Waals surface area contributed by atoms with E-state index < -0.39 is 5.91 Å². The van der Waals surface area contributed by atoms with Crippen molar-refractivity contribution in [2.45, 2.75) is 32.3 Å². The lowest BCUT2D eigenvalue weighted by Gasteiger charge is -2.27. The van der Waals surface area contributed by atoms with Crippen LogP contribution in [-0.4, -0.2) is 31.1 Å². The Bertz CT molecular complexity index is 1110. The number of benzene rings is 3. The highest BCUT2D eigenvalue weighted by Gasteiger charge is 2.32. The summed E-state index contributed by atoms with van der Waals surface area (Å²) in [5.41, 5.74) is 1.93. The first-order chi connectivity index (χ1) is 15.4. The number of carbonyl (C=O) groups is 2. The number of hydrogen-bond donors (Lipinski definition) is 0. The van der Waals surface area contributed by atoms with E-state index in [0.717, 1.165) is 5.56 Å². The molecular formula is C27H27NO4. The molecule has 1 fully saturated rings. The third kappa shape index (κ3) is 4.73. The quantitative estimate of drug-likeness (QED) is 0.397. The predicted octanol–water partition coefficient (Wildman–Crippen LogP) is 5.25. The van der Waals surface area contributed by atoms with Gasteiger partial charge in [0.25, 0.3) is 11.8 Å². The second kappa shape index (κ2) is 8.97. The van der Waals surface area contributed by atoms with Crippen LogP contribution in [0.4, 0.5) is 5.69 Å². The van der Waals surface area contributed by atoms with Crippen molar-refractivity contribution in [3.63, 3.8) is 0 Å². The molecule has 0 radical (unpaired) electrons. The molecule has 3 aromatic rings. The number of imide groups is 1. The smallest absolute Gasteiger partial charge is 0.265 e. The van der Waals surface area contributed by atoms with Gasteiger partial charge in [-0.05, 0) is 41.3 Å². The molecule has 0 N–H and O–H groups in total. The zero-order valence-corrected chi connectivity index (χ0v) is 18.6.